The molecule has 1 atom stereocenters. The lowest BCUT2D eigenvalue weighted by Gasteiger charge is -2.25. The molecular weight excluding hydrogens is 212 g/mol. The van der Waals surface area contributed by atoms with Crippen LogP contribution in [0, 0.1) is 0 Å². The van der Waals surface area contributed by atoms with E-state index in [9.17, 15) is 0 Å². The van der Waals surface area contributed by atoms with Gasteiger partial charge in [0.1, 0.15) is 0 Å². The summed E-state index contributed by atoms with van der Waals surface area (Å²) >= 11 is 0. The highest BCUT2D eigenvalue weighted by Gasteiger charge is 2.14. The van der Waals surface area contributed by atoms with Crippen LogP contribution in [0.2, 0.25) is 0 Å². The number of oxime groups is 3. The fourth-order valence-corrected chi connectivity index (χ4v) is 1.19. The zero-order valence-corrected chi connectivity index (χ0v) is 9.70. The van der Waals surface area contributed by atoms with E-state index in [1.54, 1.807) is 13.8 Å². The van der Waals surface area contributed by atoms with Gasteiger partial charge in [-0.1, -0.05) is 10.3 Å². The molecule has 0 aromatic heterocycles. The summed E-state index contributed by atoms with van der Waals surface area (Å²) in [7, 11) is 0. The van der Waals surface area contributed by atoms with Gasteiger partial charge in [0.05, 0.1) is 17.6 Å². The summed E-state index contributed by atoms with van der Waals surface area (Å²) in [6.07, 6.45) is 1.34. The summed E-state index contributed by atoms with van der Waals surface area (Å²) in [5, 5.41) is 34.7. The molecule has 3 N–H and O–H groups in total. The van der Waals surface area contributed by atoms with Crippen LogP contribution in [0.25, 0.3) is 0 Å². The minimum Gasteiger partial charge on any atom is -0.411 e. The van der Waals surface area contributed by atoms with Crippen molar-refractivity contribution in [2.45, 2.75) is 26.8 Å². The summed E-state index contributed by atoms with van der Waals surface area (Å²) in [5.41, 5.74) is 1.04. The Kier molecular flexibility index (Phi) is 6.86. The van der Waals surface area contributed by atoms with E-state index in [0.717, 1.165) is 0 Å². The van der Waals surface area contributed by atoms with Gasteiger partial charge < -0.3 is 15.6 Å². The molecule has 16 heavy (non-hydrogen) atoms. The second kappa shape index (κ2) is 7.63. The SMILES string of the molecule is C/C(CN(C/C(C)=N/O)C(C)/C=N/O)=N\O. The third kappa shape index (κ3) is 5.30. The molecule has 0 aromatic carbocycles. The van der Waals surface area contributed by atoms with Gasteiger partial charge in [-0.3, -0.25) is 4.90 Å². The summed E-state index contributed by atoms with van der Waals surface area (Å²) in [6, 6.07) is -0.168. The molecule has 0 aliphatic rings. The van der Waals surface area contributed by atoms with Crippen molar-refractivity contribution in [3.05, 3.63) is 0 Å². The van der Waals surface area contributed by atoms with Gasteiger partial charge in [0.25, 0.3) is 0 Å². The molecule has 0 rings (SSSR count). The molecule has 92 valence electrons. The van der Waals surface area contributed by atoms with Gasteiger partial charge in [-0.25, -0.2) is 0 Å². The number of nitrogens with zero attached hydrogens (tertiary/aromatic N) is 4. The topological polar surface area (TPSA) is 101 Å². The second-order valence-corrected chi connectivity index (χ2v) is 3.58. The highest BCUT2D eigenvalue weighted by molar-refractivity contribution is 5.86. The first-order valence-corrected chi connectivity index (χ1v) is 4.81. The maximum absolute atomic E-state index is 8.59. The average molecular weight is 230 g/mol. The first kappa shape index (κ1) is 14.4. The van der Waals surface area contributed by atoms with E-state index in [4.69, 9.17) is 15.6 Å². The number of hydrogen-bond acceptors (Lipinski definition) is 7. The third-order valence-corrected chi connectivity index (χ3v) is 2.06. The Hall–Kier alpha value is -1.63. The zero-order chi connectivity index (χ0) is 12.6. The first-order valence-electron chi connectivity index (χ1n) is 4.81. The molecule has 0 saturated carbocycles. The van der Waals surface area contributed by atoms with Crippen molar-refractivity contribution in [1.29, 1.82) is 0 Å². The van der Waals surface area contributed by atoms with E-state index in [1.807, 2.05) is 11.8 Å². The Morgan fingerprint density at radius 2 is 1.56 bits per heavy atom. The third-order valence-electron chi connectivity index (χ3n) is 2.06. The van der Waals surface area contributed by atoms with Gasteiger partial charge in [-0.05, 0) is 20.8 Å². The first-order chi connectivity index (χ1) is 7.54. The Morgan fingerprint density at radius 1 is 1.12 bits per heavy atom. The number of rotatable bonds is 6. The van der Waals surface area contributed by atoms with E-state index >= 15 is 0 Å². The Labute approximate surface area is 94.3 Å². The smallest absolute Gasteiger partial charge is 0.0680 e. The van der Waals surface area contributed by atoms with Crippen molar-refractivity contribution >= 4 is 17.6 Å². The van der Waals surface area contributed by atoms with Gasteiger partial charge in [0.15, 0.2) is 0 Å². The van der Waals surface area contributed by atoms with Crippen molar-refractivity contribution in [1.82, 2.24) is 4.90 Å². The number of hydrogen-bond donors (Lipinski definition) is 3. The van der Waals surface area contributed by atoms with E-state index in [-0.39, 0.29) is 6.04 Å². The largest absolute Gasteiger partial charge is 0.411 e. The van der Waals surface area contributed by atoms with Gasteiger partial charge in [0.2, 0.25) is 0 Å². The molecule has 0 aromatic rings. The van der Waals surface area contributed by atoms with Crippen molar-refractivity contribution < 1.29 is 15.6 Å². The minimum atomic E-state index is -0.168. The van der Waals surface area contributed by atoms with Crippen molar-refractivity contribution in [3.8, 4) is 0 Å². The standard InChI is InChI=1S/C9H18N4O3/c1-7(11-15)5-13(6-8(2)12-16)9(3)4-10-14/h4,9,14-16H,5-6H2,1-3H3/b10-4+,11-7+,12-8+. The Morgan fingerprint density at radius 3 is 1.88 bits per heavy atom. The zero-order valence-electron chi connectivity index (χ0n) is 9.70. The van der Waals surface area contributed by atoms with E-state index in [2.05, 4.69) is 15.5 Å². The highest BCUT2D eigenvalue weighted by atomic mass is 16.4. The Balaban J connectivity index is 4.62. The minimum absolute atomic E-state index is 0.168. The molecule has 0 amide bonds. The fraction of sp³-hybridized carbons (Fsp3) is 0.667. The maximum atomic E-state index is 8.59. The van der Waals surface area contributed by atoms with Gasteiger partial charge in [-0.2, -0.15) is 0 Å². The summed E-state index contributed by atoms with van der Waals surface area (Å²) in [6.45, 7) is 5.92. The summed E-state index contributed by atoms with van der Waals surface area (Å²) < 4.78 is 0. The van der Waals surface area contributed by atoms with E-state index in [0.29, 0.717) is 24.5 Å². The molecule has 0 spiro atoms. The van der Waals surface area contributed by atoms with Gasteiger partial charge in [-0.15, -0.1) is 5.16 Å². The van der Waals surface area contributed by atoms with Crippen LogP contribution in [-0.4, -0.2) is 57.3 Å². The molecule has 1 unspecified atom stereocenters. The lowest BCUT2D eigenvalue weighted by molar-refractivity contribution is 0.283. The average Bonchev–Trinajstić information content (AvgIpc) is 2.27. The van der Waals surface area contributed by atoms with E-state index in [1.165, 1.54) is 6.21 Å². The van der Waals surface area contributed by atoms with Crippen LogP contribution in [0.3, 0.4) is 0 Å². The van der Waals surface area contributed by atoms with Crippen LogP contribution in [0.15, 0.2) is 15.5 Å². The normalized spacial score (nSPS) is 16.0. The molecule has 0 heterocycles. The molecule has 0 saturated heterocycles. The van der Waals surface area contributed by atoms with Crippen LogP contribution in [-0.2, 0) is 0 Å². The second-order valence-electron chi connectivity index (χ2n) is 3.58. The van der Waals surface area contributed by atoms with Gasteiger partial charge >= 0.3 is 0 Å². The molecule has 0 aliphatic heterocycles. The summed E-state index contributed by atoms with van der Waals surface area (Å²) in [4.78, 5) is 1.82. The van der Waals surface area contributed by atoms with Gasteiger partial charge in [0, 0.05) is 19.1 Å². The Bertz CT molecular complexity index is 268. The van der Waals surface area contributed by atoms with Crippen molar-refractivity contribution in [2.75, 3.05) is 13.1 Å². The molecule has 7 nitrogen and oxygen atoms in total. The van der Waals surface area contributed by atoms with Crippen LogP contribution < -0.4 is 0 Å². The van der Waals surface area contributed by atoms with E-state index < -0.39 is 0 Å². The maximum Gasteiger partial charge on any atom is 0.0680 e. The van der Waals surface area contributed by atoms with Crippen LogP contribution in [0.5, 0.6) is 0 Å². The van der Waals surface area contributed by atoms with Crippen LogP contribution >= 0.6 is 0 Å². The molecule has 0 fully saturated rings. The molecule has 0 aliphatic carbocycles. The van der Waals surface area contributed by atoms with Crippen LogP contribution in [0.1, 0.15) is 20.8 Å². The van der Waals surface area contributed by atoms with Crippen molar-refractivity contribution in [3.63, 3.8) is 0 Å². The molecule has 7 heteroatoms. The van der Waals surface area contributed by atoms with Crippen molar-refractivity contribution in [2.24, 2.45) is 15.5 Å². The molecule has 0 radical (unpaired) electrons. The fourth-order valence-electron chi connectivity index (χ4n) is 1.19. The highest BCUT2D eigenvalue weighted by Crippen LogP contribution is 1.99. The quantitative estimate of drug-likeness (QED) is 0.357. The lowest BCUT2D eigenvalue weighted by Crippen LogP contribution is -2.40. The summed E-state index contributed by atoms with van der Waals surface area (Å²) in [5.74, 6) is 0. The van der Waals surface area contributed by atoms with Crippen LogP contribution in [0.4, 0.5) is 0 Å². The molecule has 0 bridgehead atoms. The molecular formula is C9H18N4O3. The monoisotopic (exact) mass is 230 g/mol. The predicted molar refractivity (Wildman–Crippen MR) is 61.1 cm³/mol. The lowest BCUT2D eigenvalue weighted by atomic mass is 10.2. The predicted octanol–water partition coefficient (Wildman–Crippen LogP) is 0.837.